The maximum absolute atomic E-state index is 5.90. The van der Waals surface area contributed by atoms with E-state index in [9.17, 15) is 0 Å². The van der Waals surface area contributed by atoms with Gasteiger partial charge in [0.25, 0.3) is 0 Å². The number of rotatable bonds is 6. The zero-order valence-electron chi connectivity index (χ0n) is 11.2. The Morgan fingerprint density at radius 2 is 2.17 bits per heavy atom. The van der Waals surface area contributed by atoms with Gasteiger partial charge in [0.05, 0.1) is 19.8 Å². The van der Waals surface area contributed by atoms with E-state index in [2.05, 4.69) is 17.4 Å². The molecule has 1 unspecified atom stereocenters. The Balaban J connectivity index is 1.82. The fourth-order valence-corrected chi connectivity index (χ4v) is 2.55. The lowest BCUT2D eigenvalue weighted by Crippen LogP contribution is -2.43. The van der Waals surface area contributed by atoms with Crippen LogP contribution in [0.4, 0.5) is 0 Å². The van der Waals surface area contributed by atoms with Gasteiger partial charge in [0, 0.05) is 18.6 Å². The van der Waals surface area contributed by atoms with Crippen LogP contribution in [-0.4, -0.2) is 33.4 Å². The second kappa shape index (κ2) is 6.88. The maximum Gasteiger partial charge on any atom is 0.0717 e. The van der Waals surface area contributed by atoms with Crippen molar-refractivity contribution in [3.63, 3.8) is 0 Å². The molecule has 0 aromatic heterocycles. The lowest BCUT2D eigenvalue weighted by molar-refractivity contribution is -0.0610. The summed E-state index contributed by atoms with van der Waals surface area (Å²) >= 11 is 0. The first-order chi connectivity index (χ1) is 8.85. The topological polar surface area (TPSA) is 30.5 Å². The molecule has 1 aliphatic heterocycles. The summed E-state index contributed by atoms with van der Waals surface area (Å²) in [4.78, 5) is 0. The fourth-order valence-electron chi connectivity index (χ4n) is 2.55. The van der Waals surface area contributed by atoms with Crippen LogP contribution in [0.15, 0.2) is 30.3 Å². The van der Waals surface area contributed by atoms with E-state index in [1.54, 1.807) is 0 Å². The molecule has 0 spiro atoms. The van der Waals surface area contributed by atoms with Crippen LogP contribution in [0.25, 0.3) is 0 Å². The average molecular weight is 249 g/mol. The van der Waals surface area contributed by atoms with E-state index in [-0.39, 0.29) is 5.41 Å². The predicted molar refractivity (Wildman–Crippen MR) is 72.5 cm³/mol. The highest BCUT2D eigenvalue weighted by atomic mass is 16.5. The van der Waals surface area contributed by atoms with Crippen molar-refractivity contribution in [1.29, 1.82) is 0 Å². The van der Waals surface area contributed by atoms with Crippen LogP contribution in [0.1, 0.15) is 18.4 Å². The summed E-state index contributed by atoms with van der Waals surface area (Å²) in [5.41, 5.74) is 1.38. The van der Waals surface area contributed by atoms with Gasteiger partial charge in [-0.1, -0.05) is 30.3 Å². The van der Waals surface area contributed by atoms with E-state index in [4.69, 9.17) is 9.47 Å². The number of benzene rings is 1. The summed E-state index contributed by atoms with van der Waals surface area (Å²) in [6.07, 6.45) is 2.32. The van der Waals surface area contributed by atoms with Crippen molar-refractivity contribution in [1.82, 2.24) is 5.32 Å². The normalized spacial score (nSPS) is 24.1. The Hall–Kier alpha value is -0.900. The molecule has 100 valence electrons. The summed E-state index contributed by atoms with van der Waals surface area (Å²) < 4.78 is 11.5. The zero-order valence-corrected chi connectivity index (χ0v) is 11.2. The molecule has 2 rings (SSSR count). The maximum atomic E-state index is 5.90. The summed E-state index contributed by atoms with van der Waals surface area (Å²) in [5.74, 6) is 0. The highest BCUT2D eigenvalue weighted by Crippen LogP contribution is 2.28. The Labute approximate surface area is 109 Å². The van der Waals surface area contributed by atoms with E-state index in [0.29, 0.717) is 6.61 Å². The molecule has 0 radical (unpaired) electrons. The van der Waals surface area contributed by atoms with Gasteiger partial charge in [-0.3, -0.25) is 0 Å². The molecule has 1 atom stereocenters. The van der Waals surface area contributed by atoms with Gasteiger partial charge >= 0.3 is 0 Å². The first kappa shape index (κ1) is 13.5. The van der Waals surface area contributed by atoms with Crippen molar-refractivity contribution in [3.05, 3.63) is 35.9 Å². The van der Waals surface area contributed by atoms with E-state index in [1.165, 1.54) is 12.0 Å². The molecule has 1 N–H and O–H groups in total. The summed E-state index contributed by atoms with van der Waals surface area (Å²) in [5, 5.41) is 3.27. The van der Waals surface area contributed by atoms with Crippen molar-refractivity contribution < 1.29 is 9.47 Å². The second-order valence-electron chi connectivity index (χ2n) is 5.16. The van der Waals surface area contributed by atoms with Gasteiger partial charge in [-0.15, -0.1) is 0 Å². The van der Waals surface area contributed by atoms with E-state index >= 15 is 0 Å². The molecule has 1 saturated heterocycles. The van der Waals surface area contributed by atoms with Crippen LogP contribution in [0.5, 0.6) is 0 Å². The highest BCUT2D eigenvalue weighted by molar-refractivity contribution is 5.13. The highest BCUT2D eigenvalue weighted by Gasteiger charge is 2.32. The molecular formula is C15H23NO2. The standard InChI is InChI=1S/C15H23NO2/c1-16-11-15(8-5-9-17-12-15)13-18-10-14-6-3-2-4-7-14/h2-4,6-7,16H,5,8-13H2,1H3. The molecule has 0 saturated carbocycles. The first-order valence-electron chi connectivity index (χ1n) is 6.69. The van der Waals surface area contributed by atoms with Crippen LogP contribution in [0.2, 0.25) is 0 Å². The fraction of sp³-hybridized carbons (Fsp3) is 0.600. The van der Waals surface area contributed by atoms with Gasteiger partial charge in [-0.25, -0.2) is 0 Å². The predicted octanol–water partition coefficient (Wildman–Crippen LogP) is 2.22. The van der Waals surface area contributed by atoms with Crippen LogP contribution in [0, 0.1) is 5.41 Å². The molecule has 0 amide bonds. The summed E-state index contributed by atoms with van der Waals surface area (Å²) in [7, 11) is 1.99. The lowest BCUT2D eigenvalue weighted by Gasteiger charge is -2.36. The first-order valence-corrected chi connectivity index (χ1v) is 6.69. The van der Waals surface area contributed by atoms with E-state index in [0.717, 1.165) is 32.8 Å². The summed E-state index contributed by atoms with van der Waals surface area (Å²) in [6, 6.07) is 10.3. The monoisotopic (exact) mass is 249 g/mol. The molecule has 1 aromatic rings. The van der Waals surface area contributed by atoms with Gasteiger partial charge in [0.1, 0.15) is 0 Å². The number of hydrogen-bond acceptors (Lipinski definition) is 3. The Morgan fingerprint density at radius 1 is 1.33 bits per heavy atom. The van der Waals surface area contributed by atoms with Crippen molar-refractivity contribution in [2.75, 3.05) is 33.4 Å². The molecule has 1 heterocycles. The van der Waals surface area contributed by atoms with Crippen molar-refractivity contribution in [2.24, 2.45) is 5.41 Å². The average Bonchev–Trinajstić information content (AvgIpc) is 2.41. The Bertz CT molecular complexity index is 328. The van der Waals surface area contributed by atoms with Gasteiger partial charge < -0.3 is 14.8 Å². The minimum absolute atomic E-state index is 0.155. The third-order valence-electron chi connectivity index (χ3n) is 3.48. The van der Waals surface area contributed by atoms with Gasteiger partial charge in [-0.05, 0) is 25.5 Å². The minimum atomic E-state index is 0.155. The van der Waals surface area contributed by atoms with Gasteiger partial charge in [0.15, 0.2) is 0 Å². The van der Waals surface area contributed by atoms with E-state index < -0.39 is 0 Å². The SMILES string of the molecule is CNCC1(COCc2ccccc2)CCCOC1. The third kappa shape index (κ3) is 3.80. The van der Waals surface area contributed by atoms with Gasteiger partial charge in [-0.2, -0.15) is 0 Å². The zero-order chi connectivity index (χ0) is 12.7. The van der Waals surface area contributed by atoms with Crippen molar-refractivity contribution >= 4 is 0 Å². The number of ether oxygens (including phenoxy) is 2. The molecule has 0 bridgehead atoms. The quantitative estimate of drug-likeness (QED) is 0.838. The summed E-state index contributed by atoms with van der Waals surface area (Å²) in [6.45, 7) is 4.11. The molecule has 3 nitrogen and oxygen atoms in total. The van der Waals surface area contributed by atoms with Crippen LogP contribution >= 0.6 is 0 Å². The van der Waals surface area contributed by atoms with E-state index in [1.807, 2.05) is 25.2 Å². The van der Waals surface area contributed by atoms with Crippen LogP contribution in [-0.2, 0) is 16.1 Å². The second-order valence-corrected chi connectivity index (χ2v) is 5.16. The molecule has 1 fully saturated rings. The molecule has 1 aromatic carbocycles. The lowest BCUT2D eigenvalue weighted by atomic mass is 9.83. The minimum Gasteiger partial charge on any atom is -0.381 e. The molecule has 18 heavy (non-hydrogen) atoms. The molecule has 3 heteroatoms. The Kier molecular flexibility index (Phi) is 5.17. The van der Waals surface area contributed by atoms with Crippen LogP contribution in [0.3, 0.4) is 0 Å². The van der Waals surface area contributed by atoms with Gasteiger partial charge in [0.2, 0.25) is 0 Å². The third-order valence-corrected chi connectivity index (χ3v) is 3.48. The van der Waals surface area contributed by atoms with Crippen molar-refractivity contribution in [2.45, 2.75) is 19.4 Å². The number of nitrogens with one attached hydrogen (secondary N) is 1. The molecule has 0 aliphatic carbocycles. The molecule has 1 aliphatic rings. The number of hydrogen-bond donors (Lipinski definition) is 1. The molecular weight excluding hydrogens is 226 g/mol. The van der Waals surface area contributed by atoms with Crippen LogP contribution < -0.4 is 5.32 Å². The largest absolute Gasteiger partial charge is 0.381 e. The van der Waals surface area contributed by atoms with Crippen molar-refractivity contribution in [3.8, 4) is 0 Å². The Morgan fingerprint density at radius 3 is 2.83 bits per heavy atom. The smallest absolute Gasteiger partial charge is 0.0717 e.